The predicted octanol–water partition coefficient (Wildman–Crippen LogP) is 2.99. The quantitative estimate of drug-likeness (QED) is 0.890. The van der Waals surface area contributed by atoms with Gasteiger partial charge in [0.15, 0.2) is 0 Å². The Bertz CT molecular complexity index is 681. The summed E-state index contributed by atoms with van der Waals surface area (Å²) in [6, 6.07) is 15.6. The zero-order chi connectivity index (χ0) is 16.2. The maximum atomic E-state index is 10.7. The lowest BCUT2D eigenvalue weighted by molar-refractivity contribution is -0.136. The standard InChI is InChI=1S/C19H20O4/c20-18(21)9-7-14-6-8-16-17(11-14)23-12-15(19(16)22)10-13-4-2-1-3-5-13/h1-6,8,11,15,19,22H,7,9-10,12H2,(H,20,21)/t15-,19+/m0/s1. The minimum absolute atomic E-state index is 0.0229. The molecule has 0 saturated carbocycles. The van der Waals surface area contributed by atoms with Crippen LogP contribution in [0.3, 0.4) is 0 Å². The number of aliphatic hydroxyl groups excluding tert-OH is 1. The van der Waals surface area contributed by atoms with Gasteiger partial charge in [-0.05, 0) is 30.0 Å². The van der Waals surface area contributed by atoms with Crippen molar-refractivity contribution in [3.63, 3.8) is 0 Å². The van der Waals surface area contributed by atoms with Crippen LogP contribution in [0, 0.1) is 5.92 Å². The monoisotopic (exact) mass is 312 g/mol. The molecule has 0 spiro atoms. The fraction of sp³-hybridized carbons (Fsp3) is 0.316. The van der Waals surface area contributed by atoms with Gasteiger partial charge in [0.2, 0.25) is 0 Å². The molecule has 1 aliphatic rings. The van der Waals surface area contributed by atoms with Gasteiger partial charge < -0.3 is 14.9 Å². The van der Waals surface area contributed by atoms with Crippen molar-refractivity contribution in [2.45, 2.75) is 25.4 Å². The average molecular weight is 312 g/mol. The van der Waals surface area contributed by atoms with Gasteiger partial charge in [0.05, 0.1) is 12.7 Å². The van der Waals surface area contributed by atoms with E-state index in [-0.39, 0.29) is 12.3 Å². The summed E-state index contributed by atoms with van der Waals surface area (Å²) in [5.74, 6) is -0.119. The number of carboxylic acid groups (broad SMARTS) is 1. The summed E-state index contributed by atoms with van der Waals surface area (Å²) in [4.78, 5) is 10.7. The van der Waals surface area contributed by atoms with Crippen molar-refractivity contribution in [2.75, 3.05) is 6.61 Å². The van der Waals surface area contributed by atoms with Gasteiger partial charge >= 0.3 is 5.97 Å². The molecule has 23 heavy (non-hydrogen) atoms. The predicted molar refractivity (Wildman–Crippen MR) is 86.5 cm³/mol. The molecule has 1 aliphatic heterocycles. The zero-order valence-corrected chi connectivity index (χ0v) is 12.8. The normalized spacial score (nSPS) is 19.7. The summed E-state index contributed by atoms with van der Waals surface area (Å²) in [6.07, 6.45) is 0.767. The molecule has 0 amide bonds. The highest BCUT2D eigenvalue weighted by molar-refractivity contribution is 5.67. The molecule has 1 heterocycles. The van der Waals surface area contributed by atoms with E-state index >= 15 is 0 Å². The summed E-state index contributed by atoms with van der Waals surface area (Å²) in [5.41, 5.74) is 2.89. The third kappa shape index (κ3) is 3.71. The minimum Gasteiger partial charge on any atom is -0.493 e. The molecule has 120 valence electrons. The molecule has 0 radical (unpaired) electrons. The number of fused-ring (bicyclic) bond motifs is 1. The van der Waals surface area contributed by atoms with E-state index in [0.717, 1.165) is 17.5 Å². The Kier molecular flexibility index (Phi) is 4.63. The molecule has 4 nitrogen and oxygen atoms in total. The Morgan fingerprint density at radius 1 is 1.13 bits per heavy atom. The summed E-state index contributed by atoms with van der Waals surface area (Å²) >= 11 is 0. The molecule has 0 bridgehead atoms. The van der Waals surface area contributed by atoms with Crippen molar-refractivity contribution < 1.29 is 19.7 Å². The van der Waals surface area contributed by atoms with Gasteiger partial charge in [-0.3, -0.25) is 4.79 Å². The third-order valence-electron chi connectivity index (χ3n) is 4.26. The Hall–Kier alpha value is -2.33. The summed E-state index contributed by atoms with van der Waals surface area (Å²) in [5, 5.41) is 19.4. The van der Waals surface area contributed by atoms with Crippen LogP contribution in [0.1, 0.15) is 29.2 Å². The van der Waals surface area contributed by atoms with Crippen LogP contribution in [-0.2, 0) is 17.6 Å². The molecule has 3 rings (SSSR count). The molecule has 0 aromatic heterocycles. The van der Waals surface area contributed by atoms with Crippen LogP contribution in [0.5, 0.6) is 5.75 Å². The Balaban J connectivity index is 1.72. The molecular formula is C19H20O4. The van der Waals surface area contributed by atoms with Crippen LogP contribution >= 0.6 is 0 Å². The first kappa shape index (κ1) is 15.6. The van der Waals surface area contributed by atoms with Crippen molar-refractivity contribution in [2.24, 2.45) is 5.92 Å². The molecular weight excluding hydrogens is 292 g/mol. The fourth-order valence-corrected chi connectivity index (χ4v) is 2.98. The van der Waals surface area contributed by atoms with E-state index < -0.39 is 12.1 Å². The highest BCUT2D eigenvalue weighted by Crippen LogP contribution is 2.37. The van der Waals surface area contributed by atoms with E-state index in [0.29, 0.717) is 18.8 Å². The number of aryl methyl sites for hydroxylation is 1. The van der Waals surface area contributed by atoms with Gasteiger partial charge in [0.1, 0.15) is 5.75 Å². The van der Waals surface area contributed by atoms with Crippen molar-refractivity contribution in [3.05, 3.63) is 65.2 Å². The largest absolute Gasteiger partial charge is 0.493 e. The molecule has 0 saturated heterocycles. The van der Waals surface area contributed by atoms with Crippen LogP contribution in [0.15, 0.2) is 48.5 Å². The average Bonchev–Trinajstić information content (AvgIpc) is 2.56. The van der Waals surface area contributed by atoms with E-state index in [1.807, 2.05) is 36.4 Å². The molecule has 0 unspecified atom stereocenters. The Morgan fingerprint density at radius 3 is 2.65 bits per heavy atom. The number of aliphatic carboxylic acids is 1. The maximum Gasteiger partial charge on any atom is 0.303 e. The fourth-order valence-electron chi connectivity index (χ4n) is 2.98. The molecule has 2 atom stereocenters. The van der Waals surface area contributed by atoms with E-state index in [1.54, 1.807) is 0 Å². The van der Waals surface area contributed by atoms with Crippen LogP contribution in [-0.4, -0.2) is 22.8 Å². The van der Waals surface area contributed by atoms with Crippen molar-refractivity contribution in [1.82, 2.24) is 0 Å². The van der Waals surface area contributed by atoms with Crippen molar-refractivity contribution in [3.8, 4) is 5.75 Å². The number of carbonyl (C=O) groups is 1. The highest BCUT2D eigenvalue weighted by atomic mass is 16.5. The number of hydrogen-bond acceptors (Lipinski definition) is 3. The van der Waals surface area contributed by atoms with Crippen LogP contribution < -0.4 is 4.74 Å². The van der Waals surface area contributed by atoms with Crippen LogP contribution in [0.25, 0.3) is 0 Å². The summed E-state index contributed by atoms with van der Waals surface area (Å²) < 4.78 is 5.82. The first-order valence-electron chi connectivity index (χ1n) is 7.83. The number of aliphatic hydroxyl groups is 1. The third-order valence-corrected chi connectivity index (χ3v) is 4.26. The second-order valence-corrected chi connectivity index (χ2v) is 5.97. The van der Waals surface area contributed by atoms with Gasteiger partial charge in [-0.25, -0.2) is 0 Å². The first-order chi connectivity index (χ1) is 11.1. The molecule has 2 N–H and O–H groups in total. The molecule has 0 fully saturated rings. The van der Waals surface area contributed by atoms with E-state index in [1.165, 1.54) is 5.56 Å². The SMILES string of the molecule is O=C(O)CCc1ccc2c(c1)OC[C@H](Cc1ccccc1)[C@H]2O. The van der Waals surface area contributed by atoms with Gasteiger partial charge in [0.25, 0.3) is 0 Å². The molecule has 4 heteroatoms. The minimum atomic E-state index is -0.813. The number of ether oxygens (including phenoxy) is 1. The summed E-state index contributed by atoms with van der Waals surface area (Å²) in [6.45, 7) is 0.464. The van der Waals surface area contributed by atoms with Gasteiger partial charge in [-0.15, -0.1) is 0 Å². The van der Waals surface area contributed by atoms with E-state index in [9.17, 15) is 9.90 Å². The smallest absolute Gasteiger partial charge is 0.303 e. The van der Waals surface area contributed by atoms with E-state index in [2.05, 4.69) is 12.1 Å². The first-order valence-corrected chi connectivity index (χ1v) is 7.83. The second-order valence-electron chi connectivity index (χ2n) is 5.97. The van der Waals surface area contributed by atoms with Gasteiger partial charge in [-0.2, -0.15) is 0 Å². The number of carboxylic acids is 1. The number of rotatable bonds is 5. The second kappa shape index (κ2) is 6.84. The van der Waals surface area contributed by atoms with Gasteiger partial charge in [-0.1, -0.05) is 42.5 Å². The van der Waals surface area contributed by atoms with Crippen LogP contribution in [0.4, 0.5) is 0 Å². The summed E-state index contributed by atoms with van der Waals surface area (Å²) in [7, 11) is 0. The van der Waals surface area contributed by atoms with E-state index in [4.69, 9.17) is 9.84 Å². The molecule has 2 aromatic rings. The highest BCUT2D eigenvalue weighted by Gasteiger charge is 2.29. The lowest BCUT2D eigenvalue weighted by Gasteiger charge is -2.30. The molecule has 0 aliphatic carbocycles. The number of benzene rings is 2. The lowest BCUT2D eigenvalue weighted by Crippen LogP contribution is -2.27. The molecule has 2 aromatic carbocycles. The number of hydrogen-bond donors (Lipinski definition) is 2. The Morgan fingerprint density at radius 2 is 1.91 bits per heavy atom. The lowest BCUT2D eigenvalue weighted by atomic mass is 9.87. The maximum absolute atomic E-state index is 10.7. The van der Waals surface area contributed by atoms with Gasteiger partial charge in [0, 0.05) is 17.9 Å². The Labute approximate surface area is 135 Å². The topological polar surface area (TPSA) is 66.8 Å². The zero-order valence-electron chi connectivity index (χ0n) is 12.8. The van der Waals surface area contributed by atoms with Crippen molar-refractivity contribution in [1.29, 1.82) is 0 Å². The van der Waals surface area contributed by atoms with Crippen LogP contribution in [0.2, 0.25) is 0 Å². The van der Waals surface area contributed by atoms with Crippen molar-refractivity contribution >= 4 is 5.97 Å².